The minimum absolute atomic E-state index is 0.0251. The van der Waals surface area contributed by atoms with Crippen molar-refractivity contribution in [2.75, 3.05) is 13.1 Å². The van der Waals surface area contributed by atoms with E-state index < -0.39 is 0 Å². The Kier molecular flexibility index (Phi) is 7.63. The van der Waals surface area contributed by atoms with Gasteiger partial charge in [0.25, 0.3) is 0 Å². The lowest BCUT2D eigenvalue weighted by Crippen LogP contribution is -2.44. The molecule has 5 rings (SSSR count). The molecular weight excluding hydrogens is 466 g/mol. The second kappa shape index (κ2) is 10.9. The highest BCUT2D eigenvalue weighted by Gasteiger charge is 2.57. The number of carbonyl (C=O) groups excluding carboxylic acids is 2. The van der Waals surface area contributed by atoms with Crippen molar-refractivity contribution in [2.45, 2.75) is 70.3 Å². The molecule has 0 saturated heterocycles. The summed E-state index contributed by atoms with van der Waals surface area (Å²) in [6, 6.07) is 9.41. The van der Waals surface area contributed by atoms with Crippen molar-refractivity contribution in [2.24, 2.45) is 23.2 Å². The summed E-state index contributed by atoms with van der Waals surface area (Å²) in [6.45, 7) is 3.09. The third kappa shape index (κ3) is 5.43. The number of aromatic hydroxyl groups is 1. The number of pyridine rings is 1. The van der Waals surface area contributed by atoms with Crippen molar-refractivity contribution in [3.05, 3.63) is 59.4 Å². The molecule has 0 unspecified atom stereocenters. The number of hydrogen-bond acceptors (Lipinski definition) is 6. The smallest absolute Gasteiger partial charge is 0.240 e. The van der Waals surface area contributed by atoms with Crippen molar-refractivity contribution < 1.29 is 19.8 Å². The topological polar surface area (TPSA) is 112 Å². The van der Waals surface area contributed by atoms with Crippen molar-refractivity contribution in [3.8, 4) is 5.75 Å². The molecule has 1 aromatic carbocycles. The molecule has 2 amide bonds. The van der Waals surface area contributed by atoms with Gasteiger partial charge in [-0.2, -0.15) is 0 Å². The molecule has 37 heavy (non-hydrogen) atoms. The lowest BCUT2D eigenvalue weighted by molar-refractivity contribution is -0.129. The van der Waals surface area contributed by atoms with E-state index >= 15 is 0 Å². The van der Waals surface area contributed by atoms with Crippen LogP contribution in [-0.2, 0) is 22.4 Å². The molecule has 0 aliphatic heterocycles. The fourth-order valence-corrected chi connectivity index (χ4v) is 7.62. The van der Waals surface area contributed by atoms with Gasteiger partial charge in [-0.15, -0.1) is 0 Å². The molecule has 1 heterocycles. The second-order valence-corrected chi connectivity index (χ2v) is 11.6. The van der Waals surface area contributed by atoms with Crippen LogP contribution >= 0.6 is 0 Å². The Morgan fingerprint density at radius 3 is 2.76 bits per heavy atom. The first-order valence-corrected chi connectivity index (χ1v) is 13.8. The van der Waals surface area contributed by atoms with Gasteiger partial charge in [-0.25, -0.2) is 0 Å². The fourth-order valence-electron chi connectivity index (χ4n) is 7.62. The molecule has 3 aliphatic carbocycles. The predicted molar refractivity (Wildman–Crippen MR) is 141 cm³/mol. The molecule has 6 atom stereocenters. The van der Waals surface area contributed by atoms with Crippen LogP contribution in [0.2, 0.25) is 0 Å². The van der Waals surface area contributed by atoms with Crippen LogP contribution in [0.25, 0.3) is 0 Å². The second-order valence-electron chi connectivity index (χ2n) is 11.6. The number of carbonyl (C=O) groups is 2. The zero-order valence-corrected chi connectivity index (χ0v) is 21.7. The van der Waals surface area contributed by atoms with Gasteiger partial charge in [0.15, 0.2) is 0 Å². The third-order valence-electron chi connectivity index (χ3n) is 9.43. The minimum atomic E-state index is -0.324. The van der Waals surface area contributed by atoms with Gasteiger partial charge in [0.05, 0.1) is 19.1 Å². The van der Waals surface area contributed by atoms with Gasteiger partial charge in [-0.05, 0) is 122 Å². The number of phenols is 1. The largest absolute Gasteiger partial charge is 0.508 e. The highest BCUT2D eigenvalue weighted by atomic mass is 16.3. The van der Waals surface area contributed by atoms with E-state index in [4.69, 9.17) is 0 Å². The summed E-state index contributed by atoms with van der Waals surface area (Å²) < 4.78 is 0. The lowest BCUT2D eigenvalue weighted by Gasteiger charge is -2.50. The summed E-state index contributed by atoms with van der Waals surface area (Å²) in [5, 5.41) is 26.9. The van der Waals surface area contributed by atoms with Gasteiger partial charge in [0.2, 0.25) is 11.8 Å². The van der Waals surface area contributed by atoms with Crippen molar-refractivity contribution >= 4 is 11.8 Å². The van der Waals surface area contributed by atoms with Gasteiger partial charge in [-0.1, -0.05) is 13.0 Å². The van der Waals surface area contributed by atoms with Gasteiger partial charge in [0.1, 0.15) is 5.75 Å². The van der Waals surface area contributed by atoms with E-state index in [2.05, 4.69) is 28.6 Å². The summed E-state index contributed by atoms with van der Waals surface area (Å²) in [5.74, 6) is 1.67. The van der Waals surface area contributed by atoms with Gasteiger partial charge < -0.3 is 15.5 Å². The molecule has 198 valence electrons. The Hall–Kier alpha value is -2.77. The number of aryl methyl sites for hydroxylation is 1. The summed E-state index contributed by atoms with van der Waals surface area (Å²) in [4.78, 5) is 28.1. The number of amides is 2. The number of phenolic OH excluding ortho intramolecular Hbond substituents is 1. The summed E-state index contributed by atoms with van der Waals surface area (Å²) >= 11 is 0. The standard InChI is InChI=1S/C30H39N3O4/c1-30-11-8-24-23-7-5-22(34)16-20(23)4-6-25(24)26(30)17-21(29(30)37)3-2-12-32-18-28(36)33-27(35)15-19-9-13-31-14-10-19/h5,7,9-10,13-14,16,21,24-26,29,32,34,37H,2-4,6,8,11-12,15,17-18H2,1H3,(H,33,35,36)/t21-,24+,25+,26-,29-,30-/m0/s1. The predicted octanol–water partition coefficient (Wildman–Crippen LogP) is 3.49. The first-order chi connectivity index (χ1) is 17.8. The van der Waals surface area contributed by atoms with Crippen molar-refractivity contribution in [1.29, 1.82) is 0 Å². The van der Waals surface area contributed by atoms with E-state index in [-0.39, 0.29) is 42.2 Å². The number of imide groups is 1. The van der Waals surface area contributed by atoms with Crippen LogP contribution in [0.3, 0.4) is 0 Å². The van der Waals surface area contributed by atoms with Crippen LogP contribution in [0.1, 0.15) is 68.1 Å². The molecule has 0 spiro atoms. The van der Waals surface area contributed by atoms with Gasteiger partial charge in [-0.3, -0.25) is 19.9 Å². The molecule has 7 nitrogen and oxygen atoms in total. The molecule has 4 N–H and O–H groups in total. The number of aliphatic hydroxyl groups is 1. The molecule has 0 bridgehead atoms. The molecule has 2 saturated carbocycles. The maximum absolute atomic E-state index is 12.1. The Balaban J connectivity index is 1.07. The van der Waals surface area contributed by atoms with E-state index in [9.17, 15) is 19.8 Å². The van der Waals surface area contributed by atoms with Crippen molar-refractivity contribution in [3.63, 3.8) is 0 Å². The average Bonchev–Trinajstić information content (AvgIpc) is 3.14. The van der Waals surface area contributed by atoms with Crippen LogP contribution in [-0.4, -0.2) is 46.2 Å². The van der Waals surface area contributed by atoms with E-state index in [0.29, 0.717) is 30.0 Å². The Bertz CT molecular complexity index is 1120. The van der Waals surface area contributed by atoms with Crippen LogP contribution in [0.4, 0.5) is 0 Å². The Morgan fingerprint density at radius 2 is 1.95 bits per heavy atom. The molecule has 7 heteroatoms. The fraction of sp³-hybridized carbons (Fsp3) is 0.567. The quantitative estimate of drug-likeness (QED) is 0.409. The van der Waals surface area contributed by atoms with Crippen LogP contribution in [0.5, 0.6) is 5.75 Å². The van der Waals surface area contributed by atoms with E-state index in [1.165, 1.54) is 11.1 Å². The first kappa shape index (κ1) is 25.9. The van der Waals surface area contributed by atoms with Crippen LogP contribution < -0.4 is 10.6 Å². The summed E-state index contributed by atoms with van der Waals surface area (Å²) in [6.07, 6.45) is 10.3. The molecule has 3 aliphatic rings. The number of fused-ring (bicyclic) bond motifs is 5. The number of benzene rings is 1. The van der Waals surface area contributed by atoms with Gasteiger partial charge in [0, 0.05) is 12.4 Å². The molecule has 0 radical (unpaired) electrons. The molecule has 2 aromatic rings. The highest BCUT2D eigenvalue weighted by molar-refractivity contribution is 5.96. The van der Waals surface area contributed by atoms with Crippen molar-refractivity contribution in [1.82, 2.24) is 15.6 Å². The number of rotatable bonds is 8. The average molecular weight is 506 g/mol. The normalized spacial score (nSPS) is 30.2. The summed E-state index contributed by atoms with van der Waals surface area (Å²) in [5.41, 5.74) is 3.51. The first-order valence-electron chi connectivity index (χ1n) is 13.8. The molecule has 2 fully saturated rings. The van der Waals surface area contributed by atoms with E-state index in [1.807, 2.05) is 12.1 Å². The maximum atomic E-state index is 12.1. The zero-order valence-electron chi connectivity index (χ0n) is 21.7. The van der Waals surface area contributed by atoms with Crippen LogP contribution in [0, 0.1) is 23.2 Å². The number of nitrogens with zero attached hydrogens (tertiary/aromatic N) is 1. The Labute approximate surface area is 219 Å². The minimum Gasteiger partial charge on any atom is -0.508 e. The number of aromatic nitrogens is 1. The molecular formula is C30H39N3O4. The number of nitrogens with one attached hydrogen (secondary N) is 2. The van der Waals surface area contributed by atoms with Crippen LogP contribution in [0.15, 0.2) is 42.7 Å². The number of aliphatic hydroxyl groups excluding tert-OH is 1. The van der Waals surface area contributed by atoms with E-state index in [1.54, 1.807) is 24.5 Å². The Morgan fingerprint density at radius 1 is 1.14 bits per heavy atom. The summed E-state index contributed by atoms with van der Waals surface area (Å²) in [7, 11) is 0. The SMILES string of the molecule is C[C@]12CC[C@@H]3c4ccc(O)cc4CC[C@H]3[C@@H]1C[C@H](CCCNCC(=O)NC(=O)Cc1ccncc1)[C@@H]2O. The van der Waals surface area contributed by atoms with Gasteiger partial charge >= 0.3 is 0 Å². The lowest BCUT2D eigenvalue weighted by atomic mass is 9.55. The maximum Gasteiger partial charge on any atom is 0.240 e. The number of hydrogen-bond donors (Lipinski definition) is 4. The highest BCUT2D eigenvalue weighted by Crippen LogP contribution is 2.62. The molecule has 1 aromatic heterocycles. The zero-order chi connectivity index (χ0) is 26.0. The monoisotopic (exact) mass is 505 g/mol. The third-order valence-corrected chi connectivity index (χ3v) is 9.43. The van der Waals surface area contributed by atoms with E-state index in [0.717, 1.165) is 50.5 Å².